The fourth-order valence-electron chi connectivity index (χ4n) is 3.35. The first-order valence-corrected chi connectivity index (χ1v) is 6.82. The van der Waals surface area contributed by atoms with Gasteiger partial charge in [0.15, 0.2) is 0 Å². The molecule has 1 saturated carbocycles. The second-order valence-electron chi connectivity index (χ2n) is 6.12. The van der Waals surface area contributed by atoms with Crippen molar-refractivity contribution in [2.75, 3.05) is 32.8 Å². The molecule has 1 spiro atoms. The summed E-state index contributed by atoms with van der Waals surface area (Å²) in [6.45, 7) is 5.56. The maximum atomic E-state index is 5.95. The minimum Gasteiger partial charge on any atom is -0.375 e. The third-order valence-corrected chi connectivity index (χ3v) is 4.90. The van der Waals surface area contributed by atoms with Gasteiger partial charge in [-0.05, 0) is 50.5 Å². The van der Waals surface area contributed by atoms with Gasteiger partial charge in [-0.3, -0.25) is 0 Å². The van der Waals surface area contributed by atoms with Gasteiger partial charge in [0.1, 0.15) is 0 Å². The van der Waals surface area contributed by atoms with Crippen molar-refractivity contribution < 1.29 is 4.74 Å². The van der Waals surface area contributed by atoms with E-state index in [2.05, 4.69) is 4.90 Å². The first-order valence-electron chi connectivity index (χ1n) is 6.82. The molecule has 3 fully saturated rings. The second-order valence-corrected chi connectivity index (χ2v) is 6.12. The van der Waals surface area contributed by atoms with Crippen molar-refractivity contribution in [3.63, 3.8) is 0 Å². The molecular formula is C13H24N2O. The van der Waals surface area contributed by atoms with Crippen molar-refractivity contribution in [1.82, 2.24) is 4.90 Å². The van der Waals surface area contributed by atoms with Crippen LogP contribution in [0.2, 0.25) is 0 Å². The lowest BCUT2D eigenvalue weighted by Crippen LogP contribution is -2.46. The smallest absolute Gasteiger partial charge is 0.0707 e. The first-order chi connectivity index (χ1) is 7.76. The summed E-state index contributed by atoms with van der Waals surface area (Å²) in [6.07, 6.45) is 7.75. The van der Waals surface area contributed by atoms with Crippen LogP contribution < -0.4 is 5.73 Å². The molecule has 3 nitrogen and oxygen atoms in total. The maximum absolute atomic E-state index is 5.95. The largest absolute Gasteiger partial charge is 0.375 e. The van der Waals surface area contributed by atoms with Crippen LogP contribution in [0.5, 0.6) is 0 Å². The molecule has 2 heterocycles. The maximum Gasteiger partial charge on any atom is 0.0707 e. The van der Waals surface area contributed by atoms with E-state index >= 15 is 0 Å². The highest BCUT2D eigenvalue weighted by atomic mass is 16.5. The van der Waals surface area contributed by atoms with Gasteiger partial charge in [-0.15, -0.1) is 0 Å². The van der Waals surface area contributed by atoms with Gasteiger partial charge in [0.2, 0.25) is 0 Å². The Morgan fingerprint density at radius 2 is 1.81 bits per heavy atom. The Kier molecular flexibility index (Phi) is 2.73. The van der Waals surface area contributed by atoms with Crippen LogP contribution in [0.25, 0.3) is 0 Å². The number of piperidine rings is 1. The van der Waals surface area contributed by atoms with Crippen molar-refractivity contribution >= 4 is 0 Å². The molecule has 0 bridgehead atoms. The van der Waals surface area contributed by atoms with Gasteiger partial charge in [0, 0.05) is 26.2 Å². The summed E-state index contributed by atoms with van der Waals surface area (Å²) in [4.78, 5) is 2.62. The van der Waals surface area contributed by atoms with Crippen LogP contribution in [-0.2, 0) is 4.74 Å². The van der Waals surface area contributed by atoms with Crippen molar-refractivity contribution in [2.45, 2.75) is 44.1 Å². The van der Waals surface area contributed by atoms with Gasteiger partial charge in [-0.2, -0.15) is 0 Å². The van der Waals surface area contributed by atoms with Crippen LogP contribution in [0.4, 0.5) is 0 Å². The molecule has 2 saturated heterocycles. The Morgan fingerprint density at radius 3 is 2.31 bits per heavy atom. The average molecular weight is 224 g/mol. The minimum atomic E-state index is 0.274. The summed E-state index contributed by atoms with van der Waals surface area (Å²) in [6, 6.07) is 0. The molecule has 0 aromatic carbocycles. The molecule has 1 aliphatic carbocycles. The quantitative estimate of drug-likeness (QED) is 0.787. The molecular weight excluding hydrogens is 200 g/mol. The summed E-state index contributed by atoms with van der Waals surface area (Å²) in [5, 5.41) is 0. The first kappa shape index (κ1) is 11.0. The minimum absolute atomic E-state index is 0.274. The summed E-state index contributed by atoms with van der Waals surface area (Å²) < 4.78 is 5.95. The van der Waals surface area contributed by atoms with Crippen LogP contribution in [0.1, 0.15) is 38.5 Å². The molecule has 3 heteroatoms. The van der Waals surface area contributed by atoms with Gasteiger partial charge >= 0.3 is 0 Å². The molecule has 16 heavy (non-hydrogen) atoms. The van der Waals surface area contributed by atoms with Crippen molar-refractivity contribution in [3.05, 3.63) is 0 Å². The summed E-state index contributed by atoms with van der Waals surface area (Å²) in [5.74, 6) is 0. The van der Waals surface area contributed by atoms with E-state index in [1.807, 2.05) is 0 Å². The van der Waals surface area contributed by atoms with Gasteiger partial charge in [0.05, 0.1) is 5.60 Å². The van der Waals surface area contributed by atoms with Crippen LogP contribution in [0.3, 0.4) is 0 Å². The fraction of sp³-hybridized carbons (Fsp3) is 1.00. The van der Waals surface area contributed by atoms with Crippen LogP contribution in [-0.4, -0.2) is 43.3 Å². The molecule has 0 aromatic heterocycles. The topological polar surface area (TPSA) is 38.5 Å². The molecule has 3 aliphatic rings. The molecule has 0 atom stereocenters. The number of nitrogens with zero attached hydrogens (tertiary/aromatic N) is 1. The molecule has 2 N–H and O–H groups in total. The lowest BCUT2D eigenvalue weighted by molar-refractivity contribution is -0.0459. The molecule has 0 unspecified atom stereocenters. The molecule has 2 aliphatic heterocycles. The van der Waals surface area contributed by atoms with Gasteiger partial charge < -0.3 is 15.4 Å². The fourth-order valence-corrected chi connectivity index (χ4v) is 3.35. The van der Waals surface area contributed by atoms with Gasteiger partial charge in [-0.25, -0.2) is 0 Å². The summed E-state index contributed by atoms with van der Waals surface area (Å²) in [5.41, 5.74) is 6.63. The van der Waals surface area contributed by atoms with E-state index in [0.717, 1.165) is 13.2 Å². The highest BCUT2D eigenvalue weighted by Gasteiger charge is 2.45. The molecule has 3 rings (SSSR count). The van der Waals surface area contributed by atoms with Crippen molar-refractivity contribution in [2.24, 2.45) is 11.1 Å². The lowest BCUT2D eigenvalue weighted by Gasteiger charge is -2.39. The number of nitrogens with two attached hydrogens (primary N) is 1. The predicted octanol–water partition coefficient (Wildman–Crippen LogP) is 1.37. The monoisotopic (exact) mass is 224 g/mol. The number of hydrogen-bond acceptors (Lipinski definition) is 3. The van der Waals surface area contributed by atoms with Crippen LogP contribution >= 0.6 is 0 Å². The third kappa shape index (κ3) is 2.01. The van der Waals surface area contributed by atoms with E-state index in [0.29, 0.717) is 5.41 Å². The van der Waals surface area contributed by atoms with Gasteiger partial charge in [-0.1, -0.05) is 0 Å². The Balaban J connectivity index is 1.51. The number of rotatable bonds is 3. The van der Waals surface area contributed by atoms with Crippen LogP contribution in [0.15, 0.2) is 0 Å². The van der Waals surface area contributed by atoms with Crippen molar-refractivity contribution in [1.29, 1.82) is 0 Å². The van der Waals surface area contributed by atoms with E-state index in [9.17, 15) is 0 Å². The van der Waals surface area contributed by atoms with E-state index in [4.69, 9.17) is 10.5 Å². The zero-order valence-electron chi connectivity index (χ0n) is 10.2. The Hall–Kier alpha value is -0.120. The van der Waals surface area contributed by atoms with E-state index in [-0.39, 0.29) is 5.60 Å². The highest BCUT2D eigenvalue weighted by Crippen LogP contribution is 2.46. The van der Waals surface area contributed by atoms with Crippen molar-refractivity contribution in [3.8, 4) is 0 Å². The summed E-state index contributed by atoms with van der Waals surface area (Å²) >= 11 is 0. The SMILES string of the molecule is NCC1(CN2CCC3(CCCO3)CC2)CC1. The Labute approximate surface area is 98.3 Å². The molecule has 0 amide bonds. The Bertz CT molecular complexity index is 247. The summed E-state index contributed by atoms with van der Waals surface area (Å²) in [7, 11) is 0. The number of hydrogen-bond donors (Lipinski definition) is 1. The standard InChI is InChI=1S/C13H24N2O/c14-10-12(3-4-12)11-15-7-5-13(6-8-15)2-1-9-16-13/h1-11,14H2. The average Bonchev–Trinajstić information content (AvgIpc) is 2.95. The zero-order valence-corrected chi connectivity index (χ0v) is 10.2. The van der Waals surface area contributed by atoms with Gasteiger partial charge in [0.25, 0.3) is 0 Å². The number of ether oxygens (including phenoxy) is 1. The van der Waals surface area contributed by atoms with E-state index in [1.165, 1.54) is 58.2 Å². The molecule has 0 aromatic rings. The highest BCUT2D eigenvalue weighted by molar-refractivity contribution is 4.98. The third-order valence-electron chi connectivity index (χ3n) is 4.90. The normalized spacial score (nSPS) is 32.1. The predicted molar refractivity (Wildman–Crippen MR) is 64.3 cm³/mol. The van der Waals surface area contributed by atoms with E-state index in [1.54, 1.807) is 0 Å². The Morgan fingerprint density at radius 1 is 1.06 bits per heavy atom. The second kappa shape index (κ2) is 3.97. The van der Waals surface area contributed by atoms with E-state index < -0.39 is 0 Å². The number of likely N-dealkylation sites (tertiary alicyclic amines) is 1. The van der Waals surface area contributed by atoms with Crippen LogP contribution in [0, 0.1) is 5.41 Å². The lowest BCUT2D eigenvalue weighted by atomic mass is 9.88. The molecule has 92 valence electrons. The molecule has 0 radical (unpaired) electrons. The zero-order chi connectivity index (χ0) is 11.1.